The number of aryl methyl sites for hydroxylation is 1. The van der Waals surface area contributed by atoms with E-state index in [1.807, 2.05) is 26.8 Å². The van der Waals surface area contributed by atoms with E-state index < -0.39 is 17.1 Å². The van der Waals surface area contributed by atoms with Crippen molar-refractivity contribution in [2.24, 2.45) is 5.92 Å². The summed E-state index contributed by atoms with van der Waals surface area (Å²) >= 11 is 0. The molecule has 0 amide bonds. The molecule has 5 heteroatoms. The van der Waals surface area contributed by atoms with E-state index in [1.165, 1.54) is 12.1 Å². The quantitative estimate of drug-likeness (QED) is 0.473. The minimum atomic E-state index is -0.591. The number of fused-ring (bicyclic) bond motifs is 3. The molecule has 1 aromatic carbocycles. The van der Waals surface area contributed by atoms with E-state index in [-0.39, 0.29) is 22.7 Å². The third-order valence-corrected chi connectivity index (χ3v) is 4.78. The Morgan fingerprint density at radius 2 is 2.11 bits per heavy atom. The summed E-state index contributed by atoms with van der Waals surface area (Å²) in [6, 6.07) is 1.43. The van der Waals surface area contributed by atoms with Crippen LogP contribution in [0.3, 0.4) is 0 Å². The lowest BCUT2D eigenvalue weighted by molar-refractivity contribution is 0.0951. The van der Waals surface area contributed by atoms with Crippen LogP contribution in [-0.4, -0.2) is 16.5 Å². The van der Waals surface area contributed by atoms with Gasteiger partial charge in [-0.25, -0.2) is 4.79 Å². The monoisotopic (exact) mass is 368 g/mol. The molecule has 0 aliphatic carbocycles. The van der Waals surface area contributed by atoms with Crippen LogP contribution in [0.25, 0.3) is 17.0 Å². The summed E-state index contributed by atoms with van der Waals surface area (Å²) in [5, 5.41) is 11.5. The fraction of sp³-hybridized carbons (Fsp3) is 0.364. The van der Waals surface area contributed by atoms with Gasteiger partial charge in [-0.3, -0.25) is 4.79 Å². The maximum atomic E-state index is 12.9. The Kier molecular flexibility index (Phi) is 4.72. The Labute approximate surface area is 158 Å². The lowest BCUT2D eigenvalue weighted by Crippen LogP contribution is -2.28. The summed E-state index contributed by atoms with van der Waals surface area (Å²) in [5.41, 5.74) is 0.0905. The minimum absolute atomic E-state index is 0.000779. The first-order valence-electron chi connectivity index (χ1n) is 9.10. The number of hydrogen-bond donors (Lipinski definition) is 1. The van der Waals surface area contributed by atoms with Crippen molar-refractivity contribution in [1.29, 1.82) is 0 Å². The largest absolute Gasteiger partial charge is 0.506 e. The van der Waals surface area contributed by atoms with Crippen molar-refractivity contribution in [3.05, 3.63) is 51.9 Å². The summed E-state index contributed by atoms with van der Waals surface area (Å²) in [5.74, 6) is -0.697. The molecule has 1 aliphatic rings. The third-order valence-electron chi connectivity index (χ3n) is 4.78. The molecule has 0 bridgehead atoms. The van der Waals surface area contributed by atoms with E-state index in [1.54, 1.807) is 13.0 Å². The Bertz CT molecular complexity index is 1020. The van der Waals surface area contributed by atoms with Crippen LogP contribution in [0.5, 0.6) is 11.5 Å². The second-order valence-electron chi connectivity index (χ2n) is 7.44. The second-order valence-corrected chi connectivity index (χ2v) is 7.44. The number of carbonyl (C=O) groups excluding carboxylic acids is 1. The molecule has 1 atom stereocenters. The van der Waals surface area contributed by atoms with Crippen LogP contribution in [-0.2, 0) is 6.42 Å². The number of benzene rings is 1. The molecule has 142 valence electrons. The zero-order valence-corrected chi connectivity index (χ0v) is 16.1. The van der Waals surface area contributed by atoms with Gasteiger partial charge < -0.3 is 14.3 Å². The number of allylic oxidation sites excluding steroid dienone is 1. The number of Topliss-reactive ketones (excluding diaryl/α,β-unsaturated/α-hetero) is 1. The Hall–Kier alpha value is -2.82. The van der Waals surface area contributed by atoms with Crippen molar-refractivity contribution in [3.8, 4) is 11.5 Å². The standard InChI is InChI=1S/C22H24O5/c1-6-8-13-11-15(23)26-21-16(13)20-14(9-10-22(4,5)27-20)19(25)17(21)18(24)12(3)7-2/h7,9-12,25H,2,6,8H2,1,3-5H3/t12-/m1/s1. The van der Waals surface area contributed by atoms with Crippen LogP contribution in [0.1, 0.15) is 55.6 Å². The smallest absolute Gasteiger partial charge is 0.336 e. The topological polar surface area (TPSA) is 76.7 Å². The van der Waals surface area contributed by atoms with Crippen molar-refractivity contribution < 1.29 is 19.1 Å². The molecule has 1 aliphatic heterocycles. The summed E-state index contributed by atoms with van der Waals surface area (Å²) in [6.45, 7) is 11.1. The molecule has 27 heavy (non-hydrogen) atoms. The number of carbonyl (C=O) groups is 1. The highest BCUT2D eigenvalue weighted by atomic mass is 16.5. The van der Waals surface area contributed by atoms with Crippen molar-refractivity contribution in [2.75, 3.05) is 0 Å². The number of phenols is 1. The van der Waals surface area contributed by atoms with Gasteiger partial charge in [-0.05, 0) is 38.0 Å². The molecule has 0 unspecified atom stereocenters. The van der Waals surface area contributed by atoms with E-state index in [2.05, 4.69) is 6.58 Å². The minimum Gasteiger partial charge on any atom is -0.506 e. The van der Waals surface area contributed by atoms with E-state index in [9.17, 15) is 14.7 Å². The zero-order chi connectivity index (χ0) is 19.9. The fourth-order valence-corrected chi connectivity index (χ4v) is 3.32. The molecule has 0 saturated heterocycles. The third kappa shape index (κ3) is 3.18. The summed E-state index contributed by atoms with van der Waals surface area (Å²) in [7, 11) is 0. The van der Waals surface area contributed by atoms with Crippen LogP contribution < -0.4 is 10.4 Å². The van der Waals surface area contributed by atoms with Crippen molar-refractivity contribution in [2.45, 2.75) is 46.1 Å². The number of ketones is 1. The molecule has 2 aromatic rings. The van der Waals surface area contributed by atoms with Gasteiger partial charge in [0.15, 0.2) is 11.4 Å². The average Bonchev–Trinajstić information content (AvgIpc) is 2.59. The van der Waals surface area contributed by atoms with Gasteiger partial charge in [-0.2, -0.15) is 0 Å². The van der Waals surface area contributed by atoms with E-state index in [0.717, 1.165) is 12.0 Å². The highest BCUT2D eigenvalue weighted by molar-refractivity contribution is 6.13. The Morgan fingerprint density at radius 1 is 1.41 bits per heavy atom. The molecule has 5 nitrogen and oxygen atoms in total. The highest BCUT2D eigenvalue weighted by Gasteiger charge is 2.33. The van der Waals surface area contributed by atoms with E-state index in [0.29, 0.717) is 23.1 Å². The molecular formula is C22H24O5. The van der Waals surface area contributed by atoms with Gasteiger partial charge in [-0.1, -0.05) is 26.3 Å². The summed E-state index contributed by atoms with van der Waals surface area (Å²) in [4.78, 5) is 25.1. The van der Waals surface area contributed by atoms with Crippen molar-refractivity contribution in [1.82, 2.24) is 0 Å². The summed E-state index contributed by atoms with van der Waals surface area (Å²) in [6.07, 6.45) is 6.50. The molecule has 1 aromatic heterocycles. The van der Waals surface area contributed by atoms with Crippen LogP contribution in [0.15, 0.2) is 34.0 Å². The predicted molar refractivity (Wildman–Crippen MR) is 106 cm³/mol. The zero-order valence-electron chi connectivity index (χ0n) is 16.1. The van der Waals surface area contributed by atoms with Crippen LogP contribution in [0, 0.1) is 5.92 Å². The lowest BCUT2D eigenvalue weighted by atomic mass is 9.89. The van der Waals surface area contributed by atoms with Crippen LogP contribution in [0.4, 0.5) is 0 Å². The van der Waals surface area contributed by atoms with E-state index in [4.69, 9.17) is 9.15 Å². The molecule has 0 saturated carbocycles. The molecular weight excluding hydrogens is 344 g/mol. The normalized spacial score (nSPS) is 15.9. The van der Waals surface area contributed by atoms with Gasteiger partial charge in [0.2, 0.25) is 0 Å². The lowest BCUT2D eigenvalue weighted by Gasteiger charge is -2.30. The van der Waals surface area contributed by atoms with Gasteiger partial charge in [-0.15, -0.1) is 6.58 Å². The first-order chi connectivity index (χ1) is 12.7. The van der Waals surface area contributed by atoms with Crippen LogP contribution in [0.2, 0.25) is 0 Å². The van der Waals surface area contributed by atoms with Gasteiger partial charge in [0.25, 0.3) is 0 Å². The van der Waals surface area contributed by atoms with Crippen molar-refractivity contribution >= 4 is 22.8 Å². The van der Waals surface area contributed by atoms with Gasteiger partial charge in [0.1, 0.15) is 22.7 Å². The average molecular weight is 368 g/mol. The van der Waals surface area contributed by atoms with E-state index >= 15 is 0 Å². The number of aromatic hydroxyl groups is 1. The number of hydrogen-bond acceptors (Lipinski definition) is 5. The first kappa shape index (κ1) is 19.0. The highest BCUT2D eigenvalue weighted by Crippen LogP contribution is 2.46. The maximum absolute atomic E-state index is 12.9. The first-order valence-corrected chi connectivity index (χ1v) is 9.10. The molecule has 1 N–H and O–H groups in total. The summed E-state index contributed by atoms with van der Waals surface area (Å²) < 4.78 is 11.6. The fourth-order valence-electron chi connectivity index (χ4n) is 3.32. The van der Waals surface area contributed by atoms with Crippen LogP contribution >= 0.6 is 0 Å². The maximum Gasteiger partial charge on any atom is 0.336 e. The second kappa shape index (κ2) is 6.72. The molecule has 2 heterocycles. The van der Waals surface area contributed by atoms with Crippen molar-refractivity contribution in [3.63, 3.8) is 0 Å². The molecule has 0 fully saturated rings. The Balaban J connectivity index is 2.51. The molecule has 0 spiro atoms. The number of rotatable bonds is 5. The predicted octanol–water partition coefficient (Wildman–Crippen LogP) is 4.64. The van der Waals surface area contributed by atoms with Gasteiger partial charge in [0, 0.05) is 12.0 Å². The van der Waals surface area contributed by atoms with Gasteiger partial charge in [0.05, 0.1) is 10.9 Å². The SMILES string of the molecule is C=C[C@@H](C)C(=O)c1c(O)c2c(c3c(CCC)cc(=O)oc13)OC(C)(C)C=C2. The number of phenolic OH excluding ortho intramolecular Hbond substituents is 1. The van der Waals surface area contributed by atoms with Gasteiger partial charge >= 0.3 is 5.63 Å². The molecule has 0 radical (unpaired) electrons. The molecule has 3 rings (SSSR count). The Morgan fingerprint density at radius 3 is 2.74 bits per heavy atom. The number of ether oxygens (including phenoxy) is 1.